The van der Waals surface area contributed by atoms with Crippen LogP contribution in [-0.2, 0) is 28.3 Å². The van der Waals surface area contributed by atoms with Gasteiger partial charge in [-0.15, -0.1) is 0 Å². The molecule has 0 radical (unpaired) electrons. The van der Waals surface area contributed by atoms with E-state index in [2.05, 4.69) is 10.1 Å². The molecular formula is C26H23F6N3O5. The topological polar surface area (TPSA) is 106 Å². The molecule has 1 unspecified atom stereocenters. The van der Waals surface area contributed by atoms with Gasteiger partial charge in [-0.2, -0.15) is 31.3 Å². The number of rotatable bonds is 5. The summed E-state index contributed by atoms with van der Waals surface area (Å²) in [5, 5.41) is 13.5. The number of alkyl halides is 6. The normalized spacial score (nSPS) is 15.7. The second-order valence-electron chi connectivity index (χ2n) is 10.2. The summed E-state index contributed by atoms with van der Waals surface area (Å²) in [6, 6.07) is 4.88. The maximum atomic E-state index is 13.2. The van der Waals surface area contributed by atoms with Crippen molar-refractivity contribution in [3.8, 4) is 22.8 Å². The number of nitrogens with zero attached hydrogens (tertiary/aromatic N) is 3. The van der Waals surface area contributed by atoms with E-state index in [1.165, 1.54) is 12.1 Å². The third-order valence-electron chi connectivity index (χ3n) is 5.99. The van der Waals surface area contributed by atoms with Gasteiger partial charge in [-0.05, 0) is 75.6 Å². The Morgan fingerprint density at radius 3 is 2.17 bits per heavy atom. The molecule has 1 atom stereocenters. The first-order chi connectivity index (χ1) is 18.4. The number of esters is 1. The molecule has 1 aliphatic heterocycles. The van der Waals surface area contributed by atoms with Crippen LogP contribution in [0, 0.1) is 0 Å². The van der Waals surface area contributed by atoms with Gasteiger partial charge in [0.25, 0.3) is 5.89 Å². The number of benzene rings is 2. The van der Waals surface area contributed by atoms with Crippen LogP contribution in [0.1, 0.15) is 50.3 Å². The van der Waals surface area contributed by atoms with E-state index in [0.717, 1.165) is 4.90 Å². The van der Waals surface area contributed by atoms with Crippen molar-refractivity contribution in [1.29, 1.82) is 0 Å². The van der Waals surface area contributed by atoms with Crippen LogP contribution in [0.15, 0.2) is 40.9 Å². The number of aromatic nitrogens is 2. The second-order valence-corrected chi connectivity index (χ2v) is 10.2. The predicted octanol–water partition coefficient (Wildman–Crippen LogP) is 6.97. The smallest absolute Gasteiger partial charge is 0.416 e. The van der Waals surface area contributed by atoms with E-state index in [9.17, 15) is 41.0 Å². The van der Waals surface area contributed by atoms with E-state index in [0.29, 0.717) is 28.9 Å². The van der Waals surface area contributed by atoms with Crippen LogP contribution in [0.3, 0.4) is 0 Å². The Morgan fingerprint density at radius 1 is 1.00 bits per heavy atom. The third kappa shape index (κ3) is 6.37. The van der Waals surface area contributed by atoms with Gasteiger partial charge in [0.1, 0.15) is 5.60 Å². The number of amides is 1. The van der Waals surface area contributed by atoms with Crippen LogP contribution in [0.5, 0.6) is 0 Å². The third-order valence-corrected chi connectivity index (χ3v) is 5.99. The Bertz CT molecular complexity index is 1410. The van der Waals surface area contributed by atoms with Gasteiger partial charge in [0, 0.05) is 23.6 Å². The van der Waals surface area contributed by atoms with Crippen molar-refractivity contribution in [1.82, 2.24) is 10.1 Å². The summed E-state index contributed by atoms with van der Waals surface area (Å²) in [5.41, 5.74) is -3.08. The van der Waals surface area contributed by atoms with E-state index < -0.39 is 58.6 Å². The molecule has 2 heterocycles. The molecule has 4 rings (SSSR count). The molecule has 1 N–H and O–H groups in total. The van der Waals surface area contributed by atoms with Gasteiger partial charge in [-0.25, -0.2) is 4.79 Å². The molecular weight excluding hydrogens is 548 g/mol. The number of hydrogen-bond donors (Lipinski definition) is 1. The number of ether oxygens (including phenoxy) is 1. The zero-order valence-electron chi connectivity index (χ0n) is 21.4. The summed E-state index contributed by atoms with van der Waals surface area (Å²) in [4.78, 5) is 29.2. The average Bonchev–Trinajstić information content (AvgIpc) is 3.45. The number of halogens is 6. The van der Waals surface area contributed by atoms with Crippen molar-refractivity contribution in [3.63, 3.8) is 0 Å². The number of hydrogen-bond acceptors (Lipinski definition) is 6. The monoisotopic (exact) mass is 571 g/mol. The Kier molecular flexibility index (Phi) is 7.32. The molecule has 0 saturated heterocycles. The van der Waals surface area contributed by atoms with Gasteiger partial charge >= 0.3 is 24.4 Å². The minimum Gasteiger partial charge on any atom is -0.465 e. The molecule has 14 heteroatoms. The van der Waals surface area contributed by atoms with Crippen LogP contribution in [0.25, 0.3) is 22.8 Å². The molecule has 0 spiro atoms. The van der Waals surface area contributed by atoms with E-state index in [4.69, 9.17) is 9.26 Å². The highest BCUT2D eigenvalue weighted by atomic mass is 19.4. The first-order valence-electron chi connectivity index (χ1n) is 11.9. The van der Waals surface area contributed by atoms with E-state index in [1.54, 1.807) is 26.8 Å². The average molecular weight is 571 g/mol. The van der Waals surface area contributed by atoms with Crippen LogP contribution in [-0.4, -0.2) is 39.0 Å². The number of fused-ring (bicyclic) bond motifs is 1. The van der Waals surface area contributed by atoms with Crippen molar-refractivity contribution in [2.75, 3.05) is 4.90 Å². The molecule has 2 aromatic carbocycles. The SMILES string of the molecule is CC(C)(C)OC(=O)CCC1Cc2cc(-c3noc(-c4cc(C(F)(F)F)cc(C(F)(F)F)c4)n3)ccc2N1C(=O)O. The zero-order valence-corrected chi connectivity index (χ0v) is 21.4. The van der Waals surface area contributed by atoms with Crippen LogP contribution >= 0.6 is 0 Å². The molecule has 8 nitrogen and oxygen atoms in total. The lowest BCUT2D eigenvalue weighted by Gasteiger charge is -2.23. The Hall–Kier alpha value is -4.10. The Morgan fingerprint density at radius 2 is 1.62 bits per heavy atom. The number of anilines is 1. The van der Waals surface area contributed by atoms with Crippen molar-refractivity contribution in [2.45, 2.75) is 64.0 Å². The highest BCUT2D eigenvalue weighted by Gasteiger charge is 2.38. The highest BCUT2D eigenvalue weighted by molar-refractivity contribution is 5.90. The highest BCUT2D eigenvalue weighted by Crippen LogP contribution is 2.40. The van der Waals surface area contributed by atoms with Gasteiger partial charge in [0.15, 0.2) is 0 Å². The van der Waals surface area contributed by atoms with Gasteiger partial charge in [0.05, 0.1) is 16.8 Å². The number of carbonyl (C=O) groups is 2. The number of carboxylic acid groups (broad SMARTS) is 1. The quantitative estimate of drug-likeness (QED) is 0.260. The lowest BCUT2D eigenvalue weighted by Crippen LogP contribution is -2.37. The molecule has 40 heavy (non-hydrogen) atoms. The van der Waals surface area contributed by atoms with E-state index in [-0.39, 0.29) is 31.2 Å². The van der Waals surface area contributed by atoms with Gasteiger partial charge < -0.3 is 14.4 Å². The van der Waals surface area contributed by atoms with Crippen LogP contribution < -0.4 is 4.90 Å². The fourth-order valence-corrected chi connectivity index (χ4v) is 4.37. The standard InChI is InChI=1S/C26H23F6N3O5/c1-24(2,3)39-20(36)7-5-18-11-14-8-13(4-6-19(14)35(18)23(37)38)21-33-22(40-34-21)15-9-16(25(27,28)29)12-17(10-15)26(30,31)32/h4,6,8-10,12,18H,5,7,11H2,1-3H3,(H,37,38). The maximum absolute atomic E-state index is 13.2. The summed E-state index contributed by atoms with van der Waals surface area (Å²) in [5.74, 6) is -1.16. The Balaban J connectivity index is 1.60. The molecule has 1 aromatic heterocycles. The molecule has 0 aliphatic carbocycles. The minimum atomic E-state index is -5.05. The van der Waals surface area contributed by atoms with Crippen molar-refractivity contribution in [3.05, 3.63) is 53.1 Å². The second kappa shape index (κ2) is 10.1. The Labute approximate surface area is 223 Å². The largest absolute Gasteiger partial charge is 0.465 e. The summed E-state index contributed by atoms with van der Waals surface area (Å²) < 4.78 is 89.7. The molecule has 0 fully saturated rings. The van der Waals surface area contributed by atoms with Gasteiger partial charge in [0.2, 0.25) is 5.82 Å². The first kappa shape index (κ1) is 28.9. The fraction of sp³-hybridized carbons (Fsp3) is 0.385. The summed E-state index contributed by atoms with van der Waals surface area (Å²) in [7, 11) is 0. The summed E-state index contributed by atoms with van der Waals surface area (Å²) in [6.45, 7) is 5.15. The molecule has 3 aromatic rings. The lowest BCUT2D eigenvalue weighted by atomic mass is 10.0. The predicted molar refractivity (Wildman–Crippen MR) is 128 cm³/mol. The maximum Gasteiger partial charge on any atom is 0.416 e. The molecule has 1 aliphatic rings. The molecule has 0 saturated carbocycles. The summed E-state index contributed by atoms with van der Waals surface area (Å²) in [6.07, 6.45) is -10.9. The van der Waals surface area contributed by atoms with Gasteiger partial charge in [-0.1, -0.05) is 5.16 Å². The van der Waals surface area contributed by atoms with Crippen LogP contribution in [0.4, 0.5) is 36.8 Å². The van der Waals surface area contributed by atoms with E-state index >= 15 is 0 Å². The fourth-order valence-electron chi connectivity index (χ4n) is 4.37. The van der Waals surface area contributed by atoms with E-state index in [1.807, 2.05) is 0 Å². The molecule has 0 bridgehead atoms. The molecule has 1 amide bonds. The van der Waals surface area contributed by atoms with Crippen molar-refractivity contribution < 1.29 is 50.3 Å². The molecule has 214 valence electrons. The lowest BCUT2D eigenvalue weighted by molar-refractivity contribution is -0.155. The van der Waals surface area contributed by atoms with Crippen molar-refractivity contribution in [2.24, 2.45) is 0 Å². The number of carbonyl (C=O) groups excluding carboxylic acids is 1. The summed E-state index contributed by atoms with van der Waals surface area (Å²) >= 11 is 0. The van der Waals surface area contributed by atoms with Crippen LogP contribution in [0.2, 0.25) is 0 Å². The first-order valence-corrected chi connectivity index (χ1v) is 11.9. The minimum absolute atomic E-state index is 0.00524. The zero-order chi connectivity index (χ0) is 29.6. The van der Waals surface area contributed by atoms with Crippen molar-refractivity contribution >= 4 is 17.7 Å². The van der Waals surface area contributed by atoms with Gasteiger partial charge in [-0.3, -0.25) is 9.69 Å².